The summed E-state index contributed by atoms with van der Waals surface area (Å²) in [6.07, 6.45) is 0.595. The van der Waals surface area contributed by atoms with Crippen LogP contribution in [0, 0.1) is 0 Å². The van der Waals surface area contributed by atoms with Crippen LogP contribution in [0.4, 0.5) is 0 Å². The van der Waals surface area contributed by atoms with Gasteiger partial charge in [0.05, 0.1) is 12.6 Å². The summed E-state index contributed by atoms with van der Waals surface area (Å²) in [7, 11) is 4.15. The second-order valence-corrected chi connectivity index (χ2v) is 6.11. The lowest BCUT2D eigenvalue weighted by Gasteiger charge is -2.21. The summed E-state index contributed by atoms with van der Waals surface area (Å²) in [5.74, 6) is 0.899. The smallest absolute Gasteiger partial charge is 0.194 e. The molecule has 2 N–H and O–H groups in total. The number of rotatable bonds is 5. The molecule has 0 aromatic heterocycles. The average Bonchev–Trinajstić information content (AvgIpc) is 2.91. The fourth-order valence-corrected chi connectivity index (χ4v) is 2.64. The van der Waals surface area contributed by atoms with Crippen LogP contribution in [0.15, 0.2) is 29.3 Å². The Morgan fingerprint density at radius 3 is 2.48 bits per heavy atom. The number of nitrogens with one attached hydrogen (secondary N) is 1. The van der Waals surface area contributed by atoms with Gasteiger partial charge in [-0.25, -0.2) is 4.99 Å². The molecule has 0 aliphatic carbocycles. The first-order chi connectivity index (χ1) is 10.6. The fraction of sp³-hybridized carbons (Fsp3) is 0.588. The van der Waals surface area contributed by atoms with Crippen molar-refractivity contribution in [2.24, 2.45) is 4.99 Å². The summed E-state index contributed by atoms with van der Waals surface area (Å²) < 4.78 is 0. The van der Waals surface area contributed by atoms with Crippen molar-refractivity contribution in [1.82, 2.24) is 15.1 Å². The lowest BCUT2D eigenvalue weighted by Crippen LogP contribution is -2.40. The van der Waals surface area contributed by atoms with Crippen molar-refractivity contribution in [2.75, 3.05) is 33.7 Å². The predicted octanol–water partition coefficient (Wildman–Crippen LogP) is 1.90. The highest BCUT2D eigenvalue weighted by molar-refractivity contribution is 14.0. The zero-order valence-corrected chi connectivity index (χ0v) is 16.7. The summed E-state index contributed by atoms with van der Waals surface area (Å²) in [5, 5.41) is 13.0. The van der Waals surface area contributed by atoms with Crippen LogP contribution in [-0.4, -0.2) is 60.7 Å². The largest absolute Gasteiger partial charge is 0.391 e. The zero-order chi connectivity index (χ0) is 15.9. The Balaban J connectivity index is 0.00000264. The molecular weight excluding hydrogens is 403 g/mol. The van der Waals surface area contributed by atoms with Gasteiger partial charge in [0.15, 0.2) is 5.96 Å². The van der Waals surface area contributed by atoms with Gasteiger partial charge in [-0.2, -0.15) is 0 Å². The Morgan fingerprint density at radius 2 is 1.96 bits per heavy atom. The Hall–Kier alpha value is -0.860. The molecule has 130 valence electrons. The minimum atomic E-state index is -0.228. The molecule has 1 aromatic carbocycles. The number of aliphatic hydroxyl groups excluding tert-OH is 1. The molecule has 1 fully saturated rings. The van der Waals surface area contributed by atoms with E-state index in [1.165, 1.54) is 11.1 Å². The van der Waals surface area contributed by atoms with Gasteiger partial charge in [-0.3, -0.25) is 0 Å². The highest BCUT2D eigenvalue weighted by Crippen LogP contribution is 2.11. The molecule has 1 aromatic rings. The maximum Gasteiger partial charge on any atom is 0.194 e. The van der Waals surface area contributed by atoms with Crippen molar-refractivity contribution in [3.8, 4) is 0 Å². The minimum absolute atomic E-state index is 0. The minimum Gasteiger partial charge on any atom is -0.391 e. The van der Waals surface area contributed by atoms with Crippen molar-refractivity contribution in [3.63, 3.8) is 0 Å². The Morgan fingerprint density at radius 1 is 1.30 bits per heavy atom. The molecule has 6 heteroatoms. The number of hydrogen-bond donors (Lipinski definition) is 2. The van der Waals surface area contributed by atoms with E-state index in [0.717, 1.165) is 32.0 Å². The molecule has 23 heavy (non-hydrogen) atoms. The van der Waals surface area contributed by atoms with E-state index in [0.29, 0.717) is 13.1 Å². The van der Waals surface area contributed by atoms with E-state index in [2.05, 4.69) is 60.4 Å². The van der Waals surface area contributed by atoms with Gasteiger partial charge in [-0.1, -0.05) is 24.3 Å². The second-order valence-electron chi connectivity index (χ2n) is 6.11. The molecular formula is C17H29IN4O. The van der Waals surface area contributed by atoms with Crippen molar-refractivity contribution in [1.29, 1.82) is 0 Å². The van der Waals surface area contributed by atoms with E-state index in [1.54, 1.807) is 0 Å². The van der Waals surface area contributed by atoms with Crippen LogP contribution >= 0.6 is 24.0 Å². The number of hydrogen-bond acceptors (Lipinski definition) is 3. The third kappa shape index (κ3) is 6.64. The SMILES string of the molecule is CCNC(=NCc1ccc(CN(C)C)cc1)N1CC[C@@H](O)C1.I. The van der Waals surface area contributed by atoms with Gasteiger partial charge in [-0.15, -0.1) is 24.0 Å². The van der Waals surface area contributed by atoms with E-state index in [4.69, 9.17) is 4.99 Å². The average molecular weight is 432 g/mol. The van der Waals surface area contributed by atoms with Gasteiger partial charge in [0.25, 0.3) is 0 Å². The van der Waals surface area contributed by atoms with Gasteiger partial charge < -0.3 is 20.2 Å². The Bertz CT molecular complexity index is 490. The van der Waals surface area contributed by atoms with Gasteiger partial charge in [0.1, 0.15) is 0 Å². The van der Waals surface area contributed by atoms with Crippen LogP contribution < -0.4 is 5.32 Å². The molecule has 0 spiro atoms. The van der Waals surface area contributed by atoms with Crippen molar-refractivity contribution < 1.29 is 5.11 Å². The number of aliphatic hydroxyl groups is 1. The number of nitrogens with zero attached hydrogens (tertiary/aromatic N) is 3. The Labute approximate surface area is 156 Å². The number of benzene rings is 1. The first-order valence-electron chi connectivity index (χ1n) is 8.02. The van der Waals surface area contributed by atoms with E-state index < -0.39 is 0 Å². The number of guanidine groups is 1. The van der Waals surface area contributed by atoms with E-state index in [1.807, 2.05) is 0 Å². The fourth-order valence-electron chi connectivity index (χ4n) is 2.64. The molecule has 2 rings (SSSR count). The number of aliphatic imine (C=N–C) groups is 1. The van der Waals surface area contributed by atoms with Crippen LogP contribution in [0.3, 0.4) is 0 Å². The van der Waals surface area contributed by atoms with Crippen LogP contribution in [0.1, 0.15) is 24.5 Å². The summed E-state index contributed by atoms with van der Waals surface area (Å²) >= 11 is 0. The predicted molar refractivity (Wildman–Crippen MR) is 106 cm³/mol. The molecule has 0 bridgehead atoms. The summed E-state index contributed by atoms with van der Waals surface area (Å²) in [6, 6.07) is 8.62. The summed E-state index contributed by atoms with van der Waals surface area (Å²) in [4.78, 5) is 9.00. The molecule has 0 saturated carbocycles. The third-order valence-corrected chi connectivity index (χ3v) is 3.73. The monoisotopic (exact) mass is 432 g/mol. The standard InChI is InChI=1S/C17H28N4O.HI/c1-4-18-17(21-10-9-16(22)13-21)19-11-14-5-7-15(8-6-14)12-20(2)3;/h5-8,16,22H,4,9-13H2,1-3H3,(H,18,19);1H/t16-;/m1./s1. The molecule has 0 unspecified atom stereocenters. The summed E-state index contributed by atoms with van der Waals surface area (Å²) in [5.41, 5.74) is 2.52. The molecule has 5 nitrogen and oxygen atoms in total. The molecule has 1 heterocycles. The maximum atomic E-state index is 9.68. The zero-order valence-electron chi connectivity index (χ0n) is 14.3. The van der Waals surface area contributed by atoms with Crippen LogP contribution in [0.2, 0.25) is 0 Å². The molecule has 1 atom stereocenters. The quantitative estimate of drug-likeness (QED) is 0.424. The Kier molecular flexibility index (Phi) is 8.86. The van der Waals surface area contributed by atoms with Crippen LogP contribution in [-0.2, 0) is 13.1 Å². The highest BCUT2D eigenvalue weighted by atomic mass is 127. The van der Waals surface area contributed by atoms with E-state index >= 15 is 0 Å². The number of β-amino-alcohol motifs (C(OH)–C–C–N with tert-alkyl or cyclic N) is 1. The molecule has 1 saturated heterocycles. The van der Waals surface area contributed by atoms with Gasteiger partial charge >= 0.3 is 0 Å². The van der Waals surface area contributed by atoms with Crippen LogP contribution in [0.25, 0.3) is 0 Å². The number of halogens is 1. The van der Waals surface area contributed by atoms with Crippen molar-refractivity contribution >= 4 is 29.9 Å². The highest BCUT2D eigenvalue weighted by Gasteiger charge is 2.22. The molecule has 0 amide bonds. The van der Waals surface area contributed by atoms with Gasteiger partial charge in [-0.05, 0) is 38.6 Å². The normalized spacial score (nSPS) is 18.2. The van der Waals surface area contributed by atoms with Crippen molar-refractivity contribution in [3.05, 3.63) is 35.4 Å². The van der Waals surface area contributed by atoms with Crippen LogP contribution in [0.5, 0.6) is 0 Å². The topological polar surface area (TPSA) is 51.1 Å². The first-order valence-corrected chi connectivity index (χ1v) is 8.02. The van der Waals surface area contributed by atoms with Gasteiger partial charge in [0, 0.05) is 26.2 Å². The van der Waals surface area contributed by atoms with Gasteiger partial charge in [0.2, 0.25) is 0 Å². The lowest BCUT2D eigenvalue weighted by molar-refractivity contribution is 0.188. The number of likely N-dealkylation sites (tertiary alicyclic amines) is 1. The first kappa shape index (κ1) is 20.2. The van der Waals surface area contributed by atoms with E-state index in [9.17, 15) is 5.11 Å². The second kappa shape index (κ2) is 10.1. The molecule has 0 radical (unpaired) electrons. The lowest BCUT2D eigenvalue weighted by atomic mass is 10.1. The molecule has 1 aliphatic rings. The van der Waals surface area contributed by atoms with Crippen molar-refractivity contribution in [2.45, 2.75) is 32.5 Å². The molecule has 1 aliphatic heterocycles. The third-order valence-electron chi connectivity index (χ3n) is 3.73. The maximum absolute atomic E-state index is 9.68. The summed E-state index contributed by atoms with van der Waals surface area (Å²) in [6.45, 7) is 6.07. The van der Waals surface area contributed by atoms with E-state index in [-0.39, 0.29) is 30.1 Å².